The van der Waals surface area contributed by atoms with Gasteiger partial charge in [0.2, 0.25) is 0 Å². The lowest BCUT2D eigenvalue weighted by Crippen LogP contribution is -2.36. The fraction of sp³-hybridized carbons (Fsp3) is 0.538. The molecule has 0 aromatic heterocycles. The standard InChI is InChI=1S/C13H16FIN2O3/c14-10-6-12(13(17(19)20)7-11(10)15)16-4-1-2-9(8-16)3-5-18/h6-7,9,18H,1-5,8H2. The van der Waals surface area contributed by atoms with E-state index < -0.39 is 10.7 Å². The molecule has 1 fully saturated rings. The number of nitro benzene ring substituents is 1. The first-order valence-corrected chi connectivity index (χ1v) is 7.60. The van der Waals surface area contributed by atoms with Gasteiger partial charge in [-0.25, -0.2) is 4.39 Å². The average molecular weight is 394 g/mol. The molecule has 0 spiro atoms. The molecule has 1 N–H and O–H groups in total. The van der Waals surface area contributed by atoms with Crippen LogP contribution >= 0.6 is 22.6 Å². The van der Waals surface area contributed by atoms with Crippen molar-refractivity contribution in [2.75, 3.05) is 24.6 Å². The summed E-state index contributed by atoms with van der Waals surface area (Å²) in [5.41, 5.74) is 0.288. The van der Waals surface area contributed by atoms with E-state index in [1.807, 2.05) is 4.90 Å². The highest BCUT2D eigenvalue weighted by atomic mass is 127. The van der Waals surface area contributed by atoms with E-state index in [0.29, 0.717) is 31.1 Å². The molecule has 1 aromatic carbocycles. The summed E-state index contributed by atoms with van der Waals surface area (Å²) in [6.07, 6.45) is 2.57. The molecule has 1 aromatic rings. The van der Waals surface area contributed by atoms with Gasteiger partial charge in [0.05, 0.1) is 8.49 Å². The number of hydrogen-bond acceptors (Lipinski definition) is 4. The molecule has 1 unspecified atom stereocenters. The molecule has 2 rings (SSSR count). The molecular formula is C13H16FIN2O3. The van der Waals surface area contributed by atoms with Crippen LogP contribution in [0, 0.1) is 25.4 Å². The highest BCUT2D eigenvalue weighted by Crippen LogP contribution is 2.34. The zero-order valence-electron chi connectivity index (χ0n) is 10.9. The van der Waals surface area contributed by atoms with Crippen molar-refractivity contribution in [3.05, 3.63) is 31.6 Å². The maximum Gasteiger partial charge on any atom is 0.293 e. The van der Waals surface area contributed by atoms with Crippen molar-refractivity contribution in [2.24, 2.45) is 5.92 Å². The topological polar surface area (TPSA) is 66.6 Å². The van der Waals surface area contributed by atoms with Gasteiger partial charge in [-0.3, -0.25) is 10.1 Å². The summed E-state index contributed by atoms with van der Waals surface area (Å²) in [7, 11) is 0. The minimum absolute atomic E-state index is 0.0551. The fourth-order valence-corrected chi connectivity index (χ4v) is 3.08. The number of nitro groups is 1. The van der Waals surface area contributed by atoms with Crippen LogP contribution in [0.3, 0.4) is 0 Å². The summed E-state index contributed by atoms with van der Waals surface area (Å²) in [5, 5.41) is 20.2. The van der Waals surface area contributed by atoms with Crippen molar-refractivity contribution in [3.63, 3.8) is 0 Å². The molecule has 0 radical (unpaired) electrons. The number of rotatable bonds is 4. The Bertz CT molecular complexity index is 511. The Morgan fingerprint density at radius 1 is 1.55 bits per heavy atom. The van der Waals surface area contributed by atoms with Crippen LogP contribution in [-0.4, -0.2) is 29.7 Å². The Hall–Kier alpha value is -0.960. The van der Waals surface area contributed by atoms with Gasteiger partial charge in [0.25, 0.3) is 5.69 Å². The maximum absolute atomic E-state index is 13.7. The second kappa shape index (κ2) is 6.66. The van der Waals surface area contributed by atoms with Crippen LogP contribution in [0.2, 0.25) is 0 Å². The predicted molar refractivity (Wildman–Crippen MR) is 82.4 cm³/mol. The second-order valence-electron chi connectivity index (χ2n) is 4.98. The third-order valence-corrected chi connectivity index (χ3v) is 4.44. The highest BCUT2D eigenvalue weighted by molar-refractivity contribution is 14.1. The van der Waals surface area contributed by atoms with Crippen LogP contribution in [0.4, 0.5) is 15.8 Å². The van der Waals surface area contributed by atoms with Gasteiger partial charge in [0, 0.05) is 31.8 Å². The van der Waals surface area contributed by atoms with Gasteiger partial charge in [0.1, 0.15) is 11.5 Å². The molecule has 1 heterocycles. The van der Waals surface area contributed by atoms with Crippen LogP contribution in [0.25, 0.3) is 0 Å². The molecule has 20 heavy (non-hydrogen) atoms. The Morgan fingerprint density at radius 3 is 2.95 bits per heavy atom. The van der Waals surface area contributed by atoms with Gasteiger partial charge in [-0.15, -0.1) is 0 Å². The molecule has 0 aliphatic carbocycles. The van der Waals surface area contributed by atoms with E-state index in [9.17, 15) is 14.5 Å². The van der Waals surface area contributed by atoms with Gasteiger partial charge >= 0.3 is 0 Å². The minimum Gasteiger partial charge on any atom is -0.396 e. The monoisotopic (exact) mass is 394 g/mol. The number of halogens is 2. The van der Waals surface area contributed by atoms with E-state index >= 15 is 0 Å². The summed E-state index contributed by atoms with van der Waals surface area (Å²) in [5.74, 6) is -0.133. The molecule has 5 nitrogen and oxygen atoms in total. The molecule has 0 amide bonds. The minimum atomic E-state index is -0.466. The molecule has 1 aliphatic heterocycles. The van der Waals surface area contributed by atoms with E-state index in [1.165, 1.54) is 12.1 Å². The molecule has 1 aliphatic rings. The Kier molecular flexibility index (Phi) is 5.14. The van der Waals surface area contributed by atoms with Gasteiger partial charge in [0.15, 0.2) is 0 Å². The number of nitrogens with zero attached hydrogens (tertiary/aromatic N) is 2. The largest absolute Gasteiger partial charge is 0.396 e. The fourth-order valence-electron chi connectivity index (χ4n) is 2.63. The van der Waals surface area contributed by atoms with Gasteiger partial charge in [-0.05, 0) is 47.8 Å². The van der Waals surface area contributed by atoms with Gasteiger partial charge < -0.3 is 10.0 Å². The van der Waals surface area contributed by atoms with Crippen molar-refractivity contribution in [1.82, 2.24) is 0 Å². The van der Waals surface area contributed by atoms with E-state index in [-0.39, 0.29) is 15.9 Å². The Labute approximate surface area is 130 Å². The maximum atomic E-state index is 13.7. The number of piperidine rings is 1. The molecule has 1 saturated heterocycles. The summed E-state index contributed by atoms with van der Waals surface area (Å²) < 4.78 is 14.0. The lowest BCUT2D eigenvalue weighted by atomic mass is 9.94. The number of anilines is 1. The molecule has 110 valence electrons. The second-order valence-corrected chi connectivity index (χ2v) is 6.14. The predicted octanol–water partition coefficient (Wildman–Crippen LogP) is 2.94. The number of benzene rings is 1. The van der Waals surface area contributed by atoms with Crippen molar-refractivity contribution in [2.45, 2.75) is 19.3 Å². The quantitative estimate of drug-likeness (QED) is 0.485. The lowest BCUT2D eigenvalue weighted by molar-refractivity contribution is -0.384. The van der Waals surface area contributed by atoms with Crippen LogP contribution in [0.1, 0.15) is 19.3 Å². The summed E-state index contributed by atoms with van der Waals surface area (Å²) in [6.45, 7) is 1.42. The van der Waals surface area contributed by atoms with Crippen LogP contribution < -0.4 is 4.90 Å². The first-order chi connectivity index (χ1) is 9.52. The van der Waals surface area contributed by atoms with Gasteiger partial charge in [-0.1, -0.05) is 0 Å². The Balaban J connectivity index is 2.31. The zero-order chi connectivity index (χ0) is 14.7. The molecule has 0 saturated carbocycles. The molecule has 7 heteroatoms. The first kappa shape index (κ1) is 15.4. The van der Waals surface area contributed by atoms with Crippen LogP contribution in [-0.2, 0) is 0 Å². The molecule has 1 atom stereocenters. The first-order valence-electron chi connectivity index (χ1n) is 6.52. The normalized spacial score (nSPS) is 19.1. The number of aliphatic hydroxyl groups excluding tert-OH is 1. The summed E-state index contributed by atoms with van der Waals surface area (Å²) in [4.78, 5) is 12.5. The summed E-state index contributed by atoms with van der Waals surface area (Å²) >= 11 is 1.76. The van der Waals surface area contributed by atoms with Gasteiger partial charge in [-0.2, -0.15) is 0 Å². The lowest BCUT2D eigenvalue weighted by Gasteiger charge is -2.34. The van der Waals surface area contributed by atoms with E-state index in [2.05, 4.69) is 0 Å². The van der Waals surface area contributed by atoms with Crippen molar-refractivity contribution in [3.8, 4) is 0 Å². The third-order valence-electron chi connectivity index (χ3n) is 3.61. The van der Waals surface area contributed by atoms with Crippen molar-refractivity contribution < 1.29 is 14.4 Å². The van der Waals surface area contributed by atoms with Crippen LogP contribution in [0.5, 0.6) is 0 Å². The number of aliphatic hydroxyl groups is 1. The average Bonchev–Trinajstić information content (AvgIpc) is 2.42. The Morgan fingerprint density at radius 2 is 2.30 bits per heavy atom. The smallest absolute Gasteiger partial charge is 0.293 e. The third kappa shape index (κ3) is 3.38. The van der Waals surface area contributed by atoms with E-state index in [0.717, 1.165) is 12.8 Å². The number of hydrogen-bond donors (Lipinski definition) is 1. The van der Waals surface area contributed by atoms with E-state index in [4.69, 9.17) is 5.11 Å². The molecular weight excluding hydrogens is 378 g/mol. The highest BCUT2D eigenvalue weighted by Gasteiger charge is 2.26. The van der Waals surface area contributed by atoms with E-state index in [1.54, 1.807) is 22.6 Å². The summed E-state index contributed by atoms with van der Waals surface area (Å²) in [6, 6.07) is 2.53. The molecule has 0 bridgehead atoms. The SMILES string of the molecule is O=[N+]([O-])c1cc(I)c(F)cc1N1CCCC(CCO)C1. The zero-order valence-corrected chi connectivity index (χ0v) is 13.0. The van der Waals surface area contributed by atoms with Crippen molar-refractivity contribution in [1.29, 1.82) is 0 Å². The van der Waals surface area contributed by atoms with Crippen molar-refractivity contribution >= 4 is 34.0 Å². The van der Waals surface area contributed by atoms with Crippen LogP contribution in [0.15, 0.2) is 12.1 Å².